The van der Waals surface area contributed by atoms with Gasteiger partial charge in [-0.3, -0.25) is 19.4 Å². The van der Waals surface area contributed by atoms with Crippen molar-refractivity contribution < 1.29 is 29.0 Å². The number of carboxylic acid groups (broad SMARTS) is 1. The molecular formula is C18H20N2O6. The minimum Gasteiger partial charge on any atom is -0.480 e. The minimum atomic E-state index is -1.34. The Morgan fingerprint density at radius 2 is 1.65 bits per heavy atom. The van der Waals surface area contributed by atoms with Gasteiger partial charge in [0.1, 0.15) is 5.60 Å². The number of likely N-dealkylation sites (tertiary alicyclic amines) is 1. The summed E-state index contributed by atoms with van der Waals surface area (Å²) in [6.45, 7) is 5.12. The number of imide groups is 1. The third-order valence-electron chi connectivity index (χ3n) is 4.40. The summed E-state index contributed by atoms with van der Waals surface area (Å²) in [5.41, 5.74) is -0.289. The minimum absolute atomic E-state index is 0.0873. The maximum absolute atomic E-state index is 12.6. The van der Waals surface area contributed by atoms with Gasteiger partial charge in [-0.25, -0.2) is 9.59 Å². The molecule has 26 heavy (non-hydrogen) atoms. The predicted molar refractivity (Wildman–Crippen MR) is 89.7 cm³/mol. The summed E-state index contributed by atoms with van der Waals surface area (Å²) in [5, 5.41) is 9.65. The second-order valence-electron chi connectivity index (χ2n) is 7.34. The maximum Gasteiger partial charge on any atom is 0.411 e. The van der Waals surface area contributed by atoms with Crippen molar-refractivity contribution >= 4 is 23.9 Å². The predicted octanol–water partition coefficient (Wildman–Crippen LogP) is 1.75. The van der Waals surface area contributed by atoms with Crippen LogP contribution in [0.4, 0.5) is 4.79 Å². The van der Waals surface area contributed by atoms with Gasteiger partial charge in [0.15, 0.2) is 6.04 Å². The third kappa shape index (κ3) is 2.91. The number of hydrogen-bond donors (Lipinski definition) is 1. The SMILES string of the molecule is CC(C)(C)OC(=O)N1CC[C@@H](N2C(=O)c3ccccc3C2=O)[C@H]1C(=O)O. The normalized spacial score (nSPS) is 22.6. The fourth-order valence-electron chi connectivity index (χ4n) is 3.38. The molecule has 1 fully saturated rings. The van der Waals surface area contributed by atoms with Crippen LogP contribution >= 0.6 is 0 Å². The summed E-state index contributed by atoms with van der Waals surface area (Å²) in [4.78, 5) is 51.5. The summed E-state index contributed by atoms with van der Waals surface area (Å²) < 4.78 is 5.26. The highest BCUT2D eigenvalue weighted by molar-refractivity contribution is 6.21. The Balaban J connectivity index is 1.90. The van der Waals surface area contributed by atoms with Crippen LogP contribution in [0.2, 0.25) is 0 Å². The summed E-state index contributed by atoms with van der Waals surface area (Å²) >= 11 is 0. The van der Waals surface area contributed by atoms with Crippen LogP contribution in [0.5, 0.6) is 0 Å². The zero-order valence-electron chi connectivity index (χ0n) is 14.8. The number of rotatable bonds is 2. The molecule has 8 heteroatoms. The van der Waals surface area contributed by atoms with Crippen molar-refractivity contribution in [1.82, 2.24) is 9.80 Å². The number of carbonyl (C=O) groups excluding carboxylic acids is 3. The van der Waals surface area contributed by atoms with E-state index in [0.717, 1.165) is 9.80 Å². The Morgan fingerprint density at radius 3 is 2.12 bits per heavy atom. The fraction of sp³-hybridized carbons (Fsp3) is 0.444. The lowest BCUT2D eigenvalue weighted by Gasteiger charge is -2.30. The average molecular weight is 360 g/mol. The quantitative estimate of drug-likeness (QED) is 0.806. The lowest BCUT2D eigenvalue weighted by Crippen LogP contribution is -2.53. The lowest BCUT2D eigenvalue weighted by atomic mass is 10.1. The first-order valence-electron chi connectivity index (χ1n) is 8.31. The molecule has 1 N–H and O–H groups in total. The molecular weight excluding hydrogens is 340 g/mol. The molecule has 0 aromatic heterocycles. The van der Waals surface area contributed by atoms with Crippen LogP contribution in [-0.4, -0.2) is 63.0 Å². The molecule has 3 rings (SSSR count). The first kappa shape index (κ1) is 17.9. The van der Waals surface area contributed by atoms with Gasteiger partial charge >= 0.3 is 12.1 Å². The van der Waals surface area contributed by atoms with Crippen LogP contribution in [0.25, 0.3) is 0 Å². The van der Waals surface area contributed by atoms with E-state index in [1.807, 2.05) is 0 Å². The molecule has 2 aliphatic rings. The topological polar surface area (TPSA) is 104 Å². The number of hydrogen-bond acceptors (Lipinski definition) is 5. The van der Waals surface area contributed by atoms with E-state index in [4.69, 9.17) is 4.74 Å². The smallest absolute Gasteiger partial charge is 0.411 e. The molecule has 0 saturated carbocycles. The number of carbonyl (C=O) groups is 4. The van der Waals surface area contributed by atoms with E-state index in [1.165, 1.54) is 12.1 Å². The molecule has 2 atom stereocenters. The Hall–Kier alpha value is -2.90. The van der Waals surface area contributed by atoms with Crippen molar-refractivity contribution in [2.24, 2.45) is 0 Å². The molecule has 138 valence electrons. The van der Waals surface area contributed by atoms with Gasteiger partial charge in [0.25, 0.3) is 11.8 Å². The lowest BCUT2D eigenvalue weighted by molar-refractivity contribution is -0.143. The maximum atomic E-state index is 12.6. The van der Waals surface area contributed by atoms with Gasteiger partial charge in [0.05, 0.1) is 17.2 Å². The second-order valence-corrected chi connectivity index (χ2v) is 7.34. The van der Waals surface area contributed by atoms with Crippen molar-refractivity contribution in [3.05, 3.63) is 35.4 Å². The van der Waals surface area contributed by atoms with Crippen molar-refractivity contribution in [3.63, 3.8) is 0 Å². The Morgan fingerprint density at radius 1 is 1.12 bits per heavy atom. The summed E-state index contributed by atoms with van der Waals surface area (Å²) in [6.07, 6.45) is -0.592. The molecule has 2 aliphatic heterocycles. The van der Waals surface area contributed by atoms with Gasteiger partial charge in [0, 0.05) is 6.54 Å². The van der Waals surface area contributed by atoms with E-state index in [1.54, 1.807) is 32.9 Å². The zero-order chi connectivity index (χ0) is 19.2. The van der Waals surface area contributed by atoms with Gasteiger partial charge in [-0.1, -0.05) is 12.1 Å². The largest absolute Gasteiger partial charge is 0.480 e. The van der Waals surface area contributed by atoms with E-state index >= 15 is 0 Å². The highest BCUT2D eigenvalue weighted by Gasteiger charge is 2.51. The van der Waals surface area contributed by atoms with Gasteiger partial charge in [0.2, 0.25) is 0 Å². The van der Waals surface area contributed by atoms with E-state index in [9.17, 15) is 24.3 Å². The van der Waals surface area contributed by atoms with Gasteiger partial charge < -0.3 is 9.84 Å². The molecule has 2 heterocycles. The third-order valence-corrected chi connectivity index (χ3v) is 4.40. The zero-order valence-corrected chi connectivity index (χ0v) is 14.8. The number of fused-ring (bicyclic) bond motifs is 1. The first-order chi connectivity index (χ1) is 12.1. The summed E-state index contributed by atoms with van der Waals surface area (Å²) in [6, 6.07) is 4.07. The number of amides is 3. The van der Waals surface area contributed by atoms with Crippen LogP contribution in [0.3, 0.4) is 0 Å². The molecule has 0 unspecified atom stereocenters. The summed E-state index contributed by atoms with van der Waals surface area (Å²) in [5.74, 6) is -2.35. The van der Waals surface area contributed by atoms with E-state index in [-0.39, 0.29) is 24.1 Å². The monoisotopic (exact) mass is 360 g/mol. The van der Waals surface area contributed by atoms with Gasteiger partial charge in [-0.05, 0) is 39.3 Å². The standard InChI is InChI=1S/C18H20N2O6/c1-18(2,3)26-17(25)19-9-8-12(13(19)16(23)24)20-14(21)10-6-4-5-7-11(10)15(20)22/h4-7,12-13H,8-9H2,1-3H3,(H,23,24)/t12-,13+/m1/s1. The number of carboxylic acids is 1. The van der Waals surface area contributed by atoms with Gasteiger partial charge in [-0.15, -0.1) is 0 Å². The molecule has 0 spiro atoms. The van der Waals surface area contributed by atoms with Crippen molar-refractivity contribution in [2.75, 3.05) is 6.54 Å². The van der Waals surface area contributed by atoms with Crippen LogP contribution in [0.15, 0.2) is 24.3 Å². The molecule has 3 amide bonds. The second kappa shape index (κ2) is 6.12. The van der Waals surface area contributed by atoms with Crippen LogP contribution in [0.1, 0.15) is 47.9 Å². The molecule has 1 aromatic carbocycles. The van der Waals surface area contributed by atoms with Gasteiger partial charge in [-0.2, -0.15) is 0 Å². The van der Waals surface area contributed by atoms with Crippen LogP contribution in [-0.2, 0) is 9.53 Å². The Kier molecular flexibility index (Phi) is 4.21. The van der Waals surface area contributed by atoms with Crippen molar-refractivity contribution in [1.29, 1.82) is 0 Å². The van der Waals surface area contributed by atoms with Crippen molar-refractivity contribution in [2.45, 2.75) is 44.9 Å². The summed E-state index contributed by atoms with van der Waals surface area (Å²) in [7, 11) is 0. The molecule has 0 aliphatic carbocycles. The van der Waals surface area contributed by atoms with Crippen molar-refractivity contribution in [3.8, 4) is 0 Å². The Labute approximate surface area is 150 Å². The number of nitrogens with zero attached hydrogens (tertiary/aromatic N) is 2. The number of ether oxygens (including phenoxy) is 1. The van der Waals surface area contributed by atoms with Crippen LogP contribution < -0.4 is 0 Å². The number of benzene rings is 1. The first-order valence-corrected chi connectivity index (χ1v) is 8.31. The van der Waals surface area contributed by atoms with E-state index in [2.05, 4.69) is 0 Å². The fourth-order valence-corrected chi connectivity index (χ4v) is 3.38. The molecule has 1 saturated heterocycles. The molecule has 0 radical (unpaired) electrons. The highest BCUT2D eigenvalue weighted by Crippen LogP contribution is 2.32. The Bertz CT molecular complexity index is 762. The average Bonchev–Trinajstić information content (AvgIpc) is 3.07. The highest BCUT2D eigenvalue weighted by atomic mass is 16.6. The molecule has 0 bridgehead atoms. The molecule has 1 aromatic rings. The number of aliphatic carboxylic acids is 1. The van der Waals surface area contributed by atoms with E-state index < -0.39 is 41.6 Å². The molecule has 8 nitrogen and oxygen atoms in total. The van der Waals surface area contributed by atoms with E-state index in [0.29, 0.717) is 0 Å². The van der Waals surface area contributed by atoms with Crippen LogP contribution in [0, 0.1) is 0 Å².